The first-order valence-electron chi connectivity index (χ1n) is 7.44. The smallest absolute Gasteiger partial charge is 0.246 e. The van der Waals surface area contributed by atoms with Gasteiger partial charge in [0.1, 0.15) is 6.04 Å². The first kappa shape index (κ1) is 15.0. The number of nitrogens with one attached hydrogen (secondary N) is 1. The minimum atomic E-state index is -0.310. The lowest BCUT2D eigenvalue weighted by Crippen LogP contribution is -2.60. The Morgan fingerprint density at radius 3 is 2.71 bits per heavy atom. The molecule has 1 unspecified atom stereocenters. The second kappa shape index (κ2) is 6.48. The zero-order valence-corrected chi connectivity index (χ0v) is 14.2. The number of thiophene rings is 1. The number of halogens is 1. The van der Waals surface area contributed by atoms with Gasteiger partial charge < -0.3 is 10.2 Å². The van der Waals surface area contributed by atoms with Crippen LogP contribution in [0.15, 0.2) is 15.9 Å². The highest BCUT2D eigenvalue weighted by atomic mass is 79.9. The largest absolute Gasteiger partial charge is 0.342 e. The molecule has 6 heteroatoms. The number of nitrogens with zero attached hydrogens (tertiary/aromatic N) is 1. The van der Waals surface area contributed by atoms with Crippen LogP contribution < -0.4 is 5.32 Å². The maximum Gasteiger partial charge on any atom is 0.246 e. The Bertz CT molecular complexity index is 540. The van der Waals surface area contributed by atoms with Gasteiger partial charge in [-0.25, -0.2) is 0 Å². The van der Waals surface area contributed by atoms with E-state index in [4.69, 9.17) is 0 Å². The molecule has 2 fully saturated rings. The average molecular weight is 371 g/mol. The maximum absolute atomic E-state index is 12.7. The van der Waals surface area contributed by atoms with Crippen LogP contribution in [-0.2, 0) is 16.1 Å². The predicted octanol–water partition coefficient (Wildman–Crippen LogP) is 2.92. The van der Waals surface area contributed by atoms with Gasteiger partial charge in [0.25, 0.3) is 0 Å². The fraction of sp³-hybridized carbons (Fsp3) is 0.600. The molecule has 1 N–H and O–H groups in total. The van der Waals surface area contributed by atoms with Crippen LogP contribution >= 0.6 is 27.3 Å². The van der Waals surface area contributed by atoms with E-state index in [2.05, 4.69) is 21.2 Å². The van der Waals surface area contributed by atoms with Crippen LogP contribution in [0.3, 0.4) is 0 Å². The van der Waals surface area contributed by atoms with Gasteiger partial charge in [-0.15, -0.1) is 11.3 Å². The van der Waals surface area contributed by atoms with Crippen LogP contribution in [0.4, 0.5) is 0 Å². The Morgan fingerprint density at radius 2 is 2.05 bits per heavy atom. The summed E-state index contributed by atoms with van der Waals surface area (Å²) in [4.78, 5) is 27.5. The molecule has 1 aliphatic carbocycles. The molecule has 1 atom stereocenters. The van der Waals surface area contributed by atoms with E-state index in [-0.39, 0.29) is 24.4 Å². The van der Waals surface area contributed by atoms with E-state index in [1.165, 1.54) is 19.3 Å². The molecule has 4 nitrogen and oxygen atoms in total. The van der Waals surface area contributed by atoms with Gasteiger partial charge in [0.15, 0.2) is 0 Å². The number of hydrogen-bond acceptors (Lipinski definition) is 3. The number of carbonyl (C=O) groups is 2. The summed E-state index contributed by atoms with van der Waals surface area (Å²) in [5.74, 6) is 0.375. The molecule has 2 aliphatic rings. The van der Waals surface area contributed by atoms with Gasteiger partial charge >= 0.3 is 0 Å². The lowest BCUT2D eigenvalue weighted by molar-refractivity contribution is -0.146. The van der Waals surface area contributed by atoms with Crippen molar-refractivity contribution < 1.29 is 9.59 Å². The lowest BCUT2D eigenvalue weighted by atomic mass is 9.82. The minimum absolute atomic E-state index is 0.0270. The Kier molecular flexibility index (Phi) is 4.64. The minimum Gasteiger partial charge on any atom is -0.342 e. The van der Waals surface area contributed by atoms with Gasteiger partial charge in [0.2, 0.25) is 11.8 Å². The molecule has 1 aromatic heterocycles. The molecule has 1 saturated heterocycles. The summed E-state index contributed by atoms with van der Waals surface area (Å²) in [5, 5.41) is 4.92. The van der Waals surface area contributed by atoms with Crippen LogP contribution in [-0.4, -0.2) is 29.3 Å². The first-order valence-corrected chi connectivity index (χ1v) is 9.12. The van der Waals surface area contributed by atoms with E-state index in [0.717, 1.165) is 22.2 Å². The Morgan fingerprint density at radius 1 is 1.29 bits per heavy atom. The summed E-state index contributed by atoms with van der Waals surface area (Å²) < 4.78 is 1.03. The van der Waals surface area contributed by atoms with E-state index in [0.29, 0.717) is 12.5 Å². The summed E-state index contributed by atoms with van der Waals surface area (Å²) in [5.41, 5.74) is 0. The average Bonchev–Trinajstić information content (AvgIpc) is 2.89. The van der Waals surface area contributed by atoms with Crippen molar-refractivity contribution in [3.05, 3.63) is 20.8 Å². The van der Waals surface area contributed by atoms with Crippen molar-refractivity contribution in [1.82, 2.24) is 10.2 Å². The van der Waals surface area contributed by atoms with Crippen LogP contribution in [0.5, 0.6) is 0 Å². The Balaban J connectivity index is 1.71. The van der Waals surface area contributed by atoms with E-state index >= 15 is 0 Å². The summed E-state index contributed by atoms with van der Waals surface area (Å²) in [6.07, 6.45) is 5.69. The Hall–Kier alpha value is -0.880. The maximum atomic E-state index is 12.7. The second-order valence-electron chi connectivity index (χ2n) is 5.87. The molecular weight excluding hydrogens is 352 g/mol. The van der Waals surface area contributed by atoms with Crippen molar-refractivity contribution in [2.45, 2.75) is 44.7 Å². The van der Waals surface area contributed by atoms with Gasteiger partial charge in [0.05, 0.1) is 13.1 Å². The second-order valence-corrected chi connectivity index (χ2v) is 7.78. The lowest BCUT2D eigenvalue weighted by Gasteiger charge is -2.37. The van der Waals surface area contributed by atoms with Gasteiger partial charge in [-0.3, -0.25) is 9.59 Å². The number of hydrogen-bond donors (Lipinski definition) is 1. The molecule has 2 heterocycles. The van der Waals surface area contributed by atoms with E-state index < -0.39 is 0 Å². The highest BCUT2D eigenvalue weighted by Gasteiger charge is 2.38. The predicted molar refractivity (Wildman–Crippen MR) is 85.9 cm³/mol. The number of amides is 2. The van der Waals surface area contributed by atoms with Crippen LogP contribution in [0.1, 0.15) is 37.0 Å². The van der Waals surface area contributed by atoms with E-state index in [1.807, 2.05) is 11.4 Å². The fourth-order valence-electron chi connectivity index (χ4n) is 3.27. The molecule has 0 spiro atoms. The van der Waals surface area contributed by atoms with Gasteiger partial charge in [0, 0.05) is 14.7 Å². The van der Waals surface area contributed by atoms with Crippen molar-refractivity contribution in [3.8, 4) is 0 Å². The molecule has 114 valence electrons. The monoisotopic (exact) mass is 370 g/mol. The normalized spacial score (nSPS) is 24.2. The summed E-state index contributed by atoms with van der Waals surface area (Å²) in [6.45, 7) is 0.712. The molecule has 0 aromatic carbocycles. The summed E-state index contributed by atoms with van der Waals surface area (Å²) in [7, 11) is 0. The molecule has 2 amide bonds. The molecule has 1 saturated carbocycles. The fourth-order valence-corrected chi connectivity index (χ4v) is 4.74. The van der Waals surface area contributed by atoms with Crippen molar-refractivity contribution in [2.75, 3.05) is 6.54 Å². The molecular formula is C15H19BrN2O2S. The van der Waals surface area contributed by atoms with Gasteiger partial charge in [-0.2, -0.15) is 0 Å². The highest BCUT2D eigenvalue weighted by molar-refractivity contribution is 9.10. The number of rotatable bonds is 3. The zero-order chi connectivity index (χ0) is 14.8. The van der Waals surface area contributed by atoms with E-state index in [9.17, 15) is 9.59 Å². The third-order valence-corrected chi connectivity index (χ3v) is 6.00. The Labute approximate surface area is 137 Å². The van der Waals surface area contributed by atoms with Crippen molar-refractivity contribution in [1.29, 1.82) is 0 Å². The summed E-state index contributed by atoms with van der Waals surface area (Å²) in [6, 6.07) is 1.70. The van der Waals surface area contributed by atoms with Crippen LogP contribution in [0.2, 0.25) is 0 Å². The number of piperazine rings is 1. The third kappa shape index (κ3) is 3.48. The standard InChI is InChI=1S/C15H19BrN2O2S/c16-11-6-12(21-9-11)7-18-8-13(19)17-14(15(18)20)10-4-2-1-3-5-10/h6,9-10,14H,1-5,7-8H2,(H,17,19). The molecule has 0 radical (unpaired) electrons. The van der Waals surface area contributed by atoms with Crippen LogP contribution in [0, 0.1) is 5.92 Å². The van der Waals surface area contributed by atoms with Gasteiger partial charge in [-0.05, 0) is 40.8 Å². The molecule has 21 heavy (non-hydrogen) atoms. The van der Waals surface area contributed by atoms with E-state index in [1.54, 1.807) is 16.2 Å². The number of carbonyl (C=O) groups excluding carboxylic acids is 2. The highest BCUT2D eigenvalue weighted by Crippen LogP contribution is 2.29. The first-order chi connectivity index (χ1) is 10.1. The molecule has 0 bridgehead atoms. The zero-order valence-electron chi connectivity index (χ0n) is 11.8. The molecule has 3 rings (SSSR count). The SMILES string of the molecule is O=C1CN(Cc2cc(Br)cs2)C(=O)C(C2CCCCC2)N1. The van der Waals surface area contributed by atoms with Crippen molar-refractivity contribution in [3.63, 3.8) is 0 Å². The molecule has 1 aromatic rings. The van der Waals surface area contributed by atoms with Crippen LogP contribution in [0.25, 0.3) is 0 Å². The topological polar surface area (TPSA) is 49.4 Å². The summed E-state index contributed by atoms with van der Waals surface area (Å²) >= 11 is 5.04. The quantitative estimate of drug-likeness (QED) is 0.888. The van der Waals surface area contributed by atoms with Crippen molar-refractivity contribution >= 4 is 39.1 Å². The van der Waals surface area contributed by atoms with Crippen molar-refractivity contribution in [2.24, 2.45) is 5.92 Å². The van der Waals surface area contributed by atoms with Gasteiger partial charge in [-0.1, -0.05) is 19.3 Å². The third-order valence-electron chi connectivity index (χ3n) is 4.32. The molecule has 1 aliphatic heterocycles.